The number of carbonyl (C=O) groups excluding carboxylic acids is 2. The van der Waals surface area contributed by atoms with Gasteiger partial charge in [-0.1, -0.05) is 6.07 Å². The second kappa shape index (κ2) is 9.50. The topological polar surface area (TPSA) is 151 Å². The molecule has 0 aliphatic heterocycles. The van der Waals surface area contributed by atoms with E-state index in [9.17, 15) is 14.7 Å². The summed E-state index contributed by atoms with van der Waals surface area (Å²) in [6.07, 6.45) is 7.39. The normalized spacial score (nSPS) is 16.0. The third-order valence-corrected chi connectivity index (χ3v) is 6.53. The third kappa shape index (κ3) is 4.57. The summed E-state index contributed by atoms with van der Waals surface area (Å²) in [6, 6.07) is 6.97. The molecule has 2 amide bonds. The summed E-state index contributed by atoms with van der Waals surface area (Å²) in [5, 5.41) is 27.1. The Kier molecular flexibility index (Phi) is 6.23. The molecule has 0 saturated heterocycles. The lowest BCUT2D eigenvalue weighted by Gasteiger charge is -2.36. The predicted octanol–water partition coefficient (Wildman–Crippen LogP) is 2.77. The Hall–Kier alpha value is -4.12. The molecule has 186 valence electrons. The molecule has 2 aromatic heterocycles. The fourth-order valence-corrected chi connectivity index (χ4v) is 4.09. The molecule has 2 aliphatic rings. The fourth-order valence-electron chi connectivity index (χ4n) is 4.09. The number of aromatic nitrogens is 4. The Balaban J connectivity index is 1.47. The third-order valence-electron chi connectivity index (χ3n) is 6.53. The lowest BCUT2D eigenvalue weighted by Crippen LogP contribution is -2.33. The number of rotatable bonds is 8. The van der Waals surface area contributed by atoms with Crippen LogP contribution in [0.15, 0.2) is 36.7 Å². The first-order valence-corrected chi connectivity index (χ1v) is 11.8. The van der Waals surface area contributed by atoms with E-state index in [-0.39, 0.29) is 23.3 Å². The van der Waals surface area contributed by atoms with E-state index in [1.54, 1.807) is 30.6 Å². The first-order valence-electron chi connectivity index (χ1n) is 11.8. The second-order valence-corrected chi connectivity index (χ2v) is 9.03. The zero-order valence-electron chi connectivity index (χ0n) is 20.0. The van der Waals surface area contributed by atoms with E-state index >= 15 is 0 Å². The van der Waals surface area contributed by atoms with Gasteiger partial charge in [0.2, 0.25) is 5.91 Å². The van der Waals surface area contributed by atoms with Crippen molar-refractivity contribution in [2.24, 2.45) is 5.92 Å². The average Bonchev–Trinajstić information content (AvgIpc) is 3.73. The molecule has 36 heavy (non-hydrogen) atoms. The van der Waals surface area contributed by atoms with Gasteiger partial charge in [0.15, 0.2) is 23.1 Å². The van der Waals surface area contributed by atoms with E-state index in [0.29, 0.717) is 46.9 Å². The predicted molar refractivity (Wildman–Crippen MR) is 132 cm³/mol. The molecule has 0 radical (unpaired) electrons. The van der Waals surface area contributed by atoms with Gasteiger partial charge in [-0.25, -0.2) is 9.97 Å². The SMILES string of the molecule is CNC(=O)c1nnc(NC(=O)C2CC2)cc1Nc1cccc(-c2ncc(C3(O)CCC3)cn2)c1OC. The number of anilines is 3. The van der Waals surface area contributed by atoms with Crippen LogP contribution in [0.25, 0.3) is 11.4 Å². The number of carbonyl (C=O) groups is 2. The minimum atomic E-state index is -0.844. The van der Waals surface area contributed by atoms with E-state index in [1.165, 1.54) is 14.2 Å². The van der Waals surface area contributed by atoms with Crippen LogP contribution in [0.3, 0.4) is 0 Å². The zero-order chi connectivity index (χ0) is 25.3. The summed E-state index contributed by atoms with van der Waals surface area (Å²) in [7, 11) is 3.03. The number of hydrogen-bond donors (Lipinski definition) is 4. The highest BCUT2D eigenvalue weighted by Crippen LogP contribution is 2.41. The summed E-state index contributed by atoms with van der Waals surface area (Å²) in [5.74, 6) is 0.567. The summed E-state index contributed by atoms with van der Waals surface area (Å²) in [6.45, 7) is 0. The Morgan fingerprint density at radius 3 is 2.47 bits per heavy atom. The number of para-hydroxylation sites is 1. The molecule has 0 atom stereocenters. The van der Waals surface area contributed by atoms with Crippen LogP contribution in [0, 0.1) is 5.92 Å². The highest BCUT2D eigenvalue weighted by Gasteiger charge is 2.37. The lowest BCUT2D eigenvalue weighted by molar-refractivity contribution is -0.117. The largest absolute Gasteiger partial charge is 0.494 e. The van der Waals surface area contributed by atoms with Crippen molar-refractivity contribution >= 4 is 29.0 Å². The Morgan fingerprint density at radius 2 is 1.86 bits per heavy atom. The van der Waals surface area contributed by atoms with Crippen molar-refractivity contribution in [3.8, 4) is 17.1 Å². The molecule has 2 saturated carbocycles. The summed E-state index contributed by atoms with van der Waals surface area (Å²) >= 11 is 0. The van der Waals surface area contributed by atoms with Gasteiger partial charge in [0.25, 0.3) is 5.91 Å². The van der Waals surface area contributed by atoms with E-state index in [2.05, 4.69) is 36.1 Å². The molecular formula is C25H27N7O4. The molecule has 4 N–H and O–H groups in total. The van der Waals surface area contributed by atoms with Crippen molar-refractivity contribution in [2.75, 3.05) is 24.8 Å². The van der Waals surface area contributed by atoms with E-state index in [4.69, 9.17) is 4.74 Å². The van der Waals surface area contributed by atoms with Crippen LogP contribution < -0.4 is 20.7 Å². The fraction of sp³-hybridized carbons (Fsp3) is 0.360. The maximum atomic E-state index is 12.4. The van der Waals surface area contributed by atoms with Crippen LogP contribution in [0.5, 0.6) is 5.75 Å². The average molecular weight is 490 g/mol. The monoisotopic (exact) mass is 489 g/mol. The Bertz CT molecular complexity index is 1300. The van der Waals surface area contributed by atoms with Crippen molar-refractivity contribution in [1.82, 2.24) is 25.5 Å². The number of nitrogens with zero attached hydrogens (tertiary/aromatic N) is 4. The van der Waals surface area contributed by atoms with Gasteiger partial charge in [0.1, 0.15) is 0 Å². The molecule has 0 bridgehead atoms. The molecule has 2 fully saturated rings. The van der Waals surface area contributed by atoms with Crippen molar-refractivity contribution in [1.29, 1.82) is 0 Å². The molecule has 1 aromatic carbocycles. The number of benzene rings is 1. The molecule has 2 heterocycles. The van der Waals surface area contributed by atoms with Crippen molar-refractivity contribution in [2.45, 2.75) is 37.7 Å². The molecule has 0 spiro atoms. The molecule has 2 aliphatic carbocycles. The van der Waals surface area contributed by atoms with Crippen LogP contribution in [0.2, 0.25) is 0 Å². The minimum absolute atomic E-state index is 0.00463. The number of ether oxygens (including phenoxy) is 1. The number of methoxy groups -OCH3 is 1. The van der Waals surface area contributed by atoms with Gasteiger partial charge in [0, 0.05) is 37.0 Å². The molecular weight excluding hydrogens is 462 g/mol. The van der Waals surface area contributed by atoms with Crippen LogP contribution in [0.1, 0.15) is 48.2 Å². The van der Waals surface area contributed by atoms with Crippen LogP contribution in [0.4, 0.5) is 17.2 Å². The van der Waals surface area contributed by atoms with Gasteiger partial charge in [-0.15, -0.1) is 10.2 Å². The smallest absolute Gasteiger partial charge is 0.273 e. The van der Waals surface area contributed by atoms with Crippen LogP contribution in [-0.2, 0) is 10.4 Å². The quantitative estimate of drug-likeness (QED) is 0.374. The van der Waals surface area contributed by atoms with Crippen molar-refractivity contribution < 1.29 is 19.4 Å². The van der Waals surface area contributed by atoms with Crippen molar-refractivity contribution in [3.63, 3.8) is 0 Å². The van der Waals surface area contributed by atoms with Gasteiger partial charge in [-0.05, 0) is 44.2 Å². The van der Waals surface area contributed by atoms with Gasteiger partial charge < -0.3 is 25.8 Å². The van der Waals surface area contributed by atoms with Crippen molar-refractivity contribution in [3.05, 3.63) is 47.9 Å². The maximum absolute atomic E-state index is 12.4. The van der Waals surface area contributed by atoms with Gasteiger partial charge in [0.05, 0.1) is 29.6 Å². The number of amides is 2. The highest BCUT2D eigenvalue weighted by molar-refractivity contribution is 6.00. The summed E-state index contributed by atoms with van der Waals surface area (Å²) in [5.41, 5.74) is 1.42. The highest BCUT2D eigenvalue weighted by atomic mass is 16.5. The first-order chi connectivity index (χ1) is 17.4. The maximum Gasteiger partial charge on any atom is 0.273 e. The van der Waals surface area contributed by atoms with E-state index in [1.807, 2.05) is 6.07 Å². The zero-order valence-corrected chi connectivity index (χ0v) is 20.0. The molecule has 5 rings (SSSR count). The first kappa shape index (κ1) is 23.6. The minimum Gasteiger partial charge on any atom is -0.494 e. The summed E-state index contributed by atoms with van der Waals surface area (Å²) in [4.78, 5) is 33.6. The lowest BCUT2D eigenvalue weighted by atomic mass is 9.76. The number of aliphatic hydroxyl groups is 1. The molecule has 11 heteroatoms. The van der Waals surface area contributed by atoms with E-state index < -0.39 is 11.5 Å². The van der Waals surface area contributed by atoms with Gasteiger partial charge >= 0.3 is 0 Å². The van der Waals surface area contributed by atoms with Crippen LogP contribution in [-0.4, -0.2) is 51.2 Å². The van der Waals surface area contributed by atoms with E-state index in [0.717, 1.165) is 19.3 Å². The Labute approximate surface area is 207 Å². The standard InChI is InChI=1S/C25H27N7O4/c1-26-24(34)20-18(11-19(31-32-20)30-23(33)14-7-8-14)29-17-6-3-5-16(21(17)36-2)22-27-12-15(13-28-22)25(35)9-4-10-25/h3,5-6,11-14,35H,4,7-10H2,1-2H3,(H,26,34)(H2,29,30,31,33). The molecule has 11 nitrogen and oxygen atoms in total. The summed E-state index contributed by atoms with van der Waals surface area (Å²) < 4.78 is 5.70. The molecule has 0 unspecified atom stereocenters. The van der Waals surface area contributed by atoms with Gasteiger partial charge in [-0.3, -0.25) is 9.59 Å². The second-order valence-electron chi connectivity index (χ2n) is 9.03. The Morgan fingerprint density at radius 1 is 1.11 bits per heavy atom. The van der Waals surface area contributed by atoms with Crippen LogP contribution >= 0.6 is 0 Å². The van der Waals surface area contributed by atoms with Gasteiger partial charge in [-0.2, -0.15) is 0 Å². The molecule has 3 aromatic rings. The number of nitrogens with one attached hydrogen (secondary N) is 3. The number of hydrogen-bond acceptors (Lipinski definition) is 9.